The van der Waals surface area contributed by atoms with Crippen LogP contribution in [-0.4, -0.2) is 16.1 Å². The Labute approximate surface area is 98.2 Å². The first-order valence-corrected chi connectivity index (χ1v) is 5.71. The lowest BCUT2D eigenvalue weighted by molar-refractivity contribution is 0.0942. The van der Waals surface area contributed by atoms with Gasteiger partial charge in [0.2, 0.25) is 0 Å². The Kier molecular flexibility index (Phi) is 2.44. The molecule has 5 nitrogen and oxygen atoms in total. The highest BCUT2D eigenvalue weighted by molar-refractivity contribution is 5.94. The van der Waals surface area contributed by atoms with Crippen LogP contribution in [0.2, 0.25) is 0 Å². The number of carbonyl (C=O) groups is 1. The van der Waals surface area contributed by atoms with Gasteiger partial charge in [-0.15, -0.1) is 0 Å². The van der Waals surface area contributed by atoms with Gasteiger partial charge in [-0.05, 0) is 31.4 Å². The smallest absolute Gasteiger partial charge is 0.272 e. The molecule has 0 saturated heterocycles. The van der Waals surface area contributed by atoms with Crippen molar-refractivity contribution in [1.82, 2.24) is 15.5 Å². The predicted molar refractivity (Wildman–Crippen MR) is 60.5 cm³/mol. The zero-order chi connectivity index (χ0) is 11.7. The number of amides is 1. The maximum atomic E-state index is 11.9. The summed E-state index contributed by atoms with van der Waals surface area (Å²) in [4.78, 5) is 11.9. The quantitative estimate of drug-likeness (QED) is 0.839. The molecule has 0 spiro atoms. The molecule has 0 aliphatic heterocycles. The summed E-state index contributed by atoms with van der Waals surface area (Å²) in [6, 6.07) is 3.63. The number of aromatic nitrogens is 2. The number of H-pyrrole nitrogens is 1. The summed E-state index contributed by atoms with van der Waals surface area (Å²) in [5, 5.41) is 9.80. The number of furan rings is 1. The molecule has 5 heteroatoms. The number of fused-ring (bicyclic) bond motifs is 1. The van der Waals surface area contributed by atoms with Crippen LogP contribution in [0.15, 0.2) is 22.8 Å². The molecular formula is C12H13N3O2. The summed E-state index contributed by atoms with van der Waals surface area (Å²) in [5.41, 5.74) is 2.71. The normalized spacial score (nSPS) is 13.6. The van der Waals surface area contributed by atoms with E-state index in [9.17, 15) is 4.79 Å². The van der Waals surface area contributed by atoms with E-state index in [0.29, 0.717) is 12.2 Å². The molecule has 1 aliphatic carbocycles. The predicted octanol–water partition coefficient (Wildman–Crippen LogP) is 1.42. The van der Waals surface area contributed by atoms with Crippen molar-refractivity contribution in [2.75, 3.05) is 0 Å². The van der Waals surface area contributed by atoms with Crippen molar-refractivity contribution >= 4 is 5.91 Å². The first-order valence-electron chi connectivity index (χ1n) is 5.71. The van der Waals surface area contributed by atoms with E-state index >= 15 is 0 Å². The number of carbonyl (C=O) groups excluding carboxylic acids is 1. The maximum absolute atomic E-state index is 11.9. The lowest BCUT2D eigenvalue weighted by Crippen LogP contribution is -2.23. The van der Waals surface area contributed by atoms with Gasteiger partial charge in [-0.2, -0.15) is 5.10 Å². The highest BCUT2D eigenvalue weighted by atomic mass is 16.3. The summed E-state index contributed by atoms with van der Waals surface area (Å²) < 4.78 is 5.15. The van der Waals surface area contributed by atoms with Gasteiger partial charge in [-0.25, -0.2) is 0 Å². The van der Waals surface area contributed by atoms with Crippen molar-refractivity contribution < 1.29 is 9.21 Å². The molecule has 0 aromatic carbocycles. The van der Waals surface area contributed by atoms with Gasteiger partial charge in [0.05, 0.1) is 12.8 Å². The standard InChI is InChI=1S/C12H13N3O2/c16-12(13-7-8-3-2-6-17-8)11-9-4-1-5-10(9)14-15-11/h2-3,6H,1,4-5,7H2,(H,13,16)(H,14,15). The van der Waals surface area contributed by atoms with Crippen LogP contribution < -0.4 is 5.32 Å². The maximum Gasteiger partial charge on any atom is 0.272 e. The monoisotopic (exact) mass is 231 g/mol. The Hall–Kier alpha value is -2.04. The molecule has 1 aliphatic rings. The third-order valence-corrected chi connectivity index (χ3v) is 3.02. The summed E-state index contributed by atoms with van der Waals surface area (Å²) in [6.45, 7) is 0.396. The van der Waals surface area contributed by atoms with E-state index in [1.165, 1.54) is 0 Å². The van der Waals surface area contributed by atoms with Gasteiger partial charge in [-0.1, -0.05) is 0 Å². The first kappa shape index (κ1) is 10.1. The minimum absolute atomic E-state index is 0.138. The second kappa shape index (κ2) is 4.08. The van der Waals surface area contributed by atoms with Crippen molar-refractivity contribution in [3.63, 3.8) is 0 Å². The van der Waals surface area contributed by atoms with Crippen LogP contribution in [0, 0.1) is 0 Å². The van der Waals surface area contributed by atoms with Crippen LogP contribution in [0.5, 0.6) is 0 Å². The van der Waals surface area contributed by atoms with E-state index in [2.05, 4.69) is 15.5 Å². The molecule has 2 heterocycles. The molecule has 2 aromatic rings. The van der Waals surface area contributed by atoms with E-state index in [1.54, 1.807) is 12.3 Å². The SMILES string of the molecule is O=C(NCc1ccco1)c1n[nH]c2c1CCC2. The molecule has 0 radical (unpaired) electrons. The number of aromatic amines is 1. The van der Waals surface area contributed by atoms with Crippen molar-refractivity contribution in [1.29, 1.82) is 0 Å². The molecule has 0 atom stereocenters. The van der Waals surface area contributed by atoms with E-state index < -0.39 is 0 Å². The fraction of sp³-hybridized carbons (Fsp3) is 0.333. The topological polar surface area (TPSA) is 70.9 Å². The molecule has 17 heavy (non-hydrogen) atoms. The molecule has 0 saturated carbocycles. The Bertz CT molecular complexity index is 528. The minimum Gasteiger partial charge on any atom is -0.467 e. The lowest BCUT2D eigenvalue weighted by atomic mass is 10.2. The van der Waals surface area contributed by atoms with Crippen molar-refractivity contribution in [2.45, 2.75) is 25.8 Å². The fourth-order valence-corrected chi connectivity index (χ4v) is 2.17. The number of nitrogens with one attached hydrogen (secondary N) is 2. The third-order valence-electron chi connectivity index (χ3n) is 3.02. The van der Waals surface area contributed by atoms with Gasteiger partial charge in [0.15, 0.2) is 5.69 Å². The van der Waals surface area contributed by atoms with E-state index in [0.717, 1.165) is 36.3 Å². The van der Waals surface area contributed by atoms with Crippen LogP contribution in [-0.2, 0) is 19.4 Å². The van der Waals surface area contributed by atoms with Crippen molar-refractivity contribution in [3.8, 4) is 0 Å². The fourth-order valence-electron chi connectivity index (χ4n) is 2.17. The van der Waals surface area contributed by atoms with Crippen LogP contribution >= 0.6 is 0 Å². The molecule has 2 aromatic heterocycles. The highest BCUT2D eigenvalue weighted by Gasteiger charge is 2.22. The molecule has 2 N–H and O–H groups in total. The number of rotatable bonds is 3. The second-order valence-corrected chi connectivity index (χ2v) is 4.14. The largest absolute Gasteiger partial charge is 0.467 e. The summed E-state index contributed by atoms with van der Waals surface area (Å²) in [7, 11) is 0. The van der Waals surface area contributed by atoms with Crippen molar-refractivity contribution in [3.05, 3.63) is 41.1 Å². The lowest BCUT2D eigenvalue weighted by Gasteiger charge is -2.01. The molecule has 0 unspecified atom stereocenters. The Morgan fingerprint density at radius 2 is 2.47 bits per heavy atom. The molecule has 1 amide bonds. The minimum atomic E-state index is -0.138. The average Bonchev–Trinajstić information content (AvgIpc) is 3.02. The zero-order valence-electron chi connectivity index (χ0n) is 9.32. The van der Waals surface area contributed by atoms with E-state index in [4.69, 9.17) is 4.42 Å². The summed E-state index contributed by atoms with van der Waals surface area (Å²) >= 11 is 0. The van der Waals surface area contributed by atoms with Gasteiger partial charge in [-0.3, -0.25) is 9.89 Å². The van der Waals surface area contributed by atoms with Crippen LogP contribution in [0.3, 0.4) is 0 Å². The Morgan fingerprint density at radius 3 is 3.29 bits per heavy atom. The number of hydrogen-bond donors (Lipinski definition) is 2. The number of nitrogens with zero attached hydrogens (tertiary/aromatic N) is 1. The summed E-state index contributed by atoms with van der Waals surface area (Å²) in [5.74, 6) is 0.603. The first-order chi connectivity index (χ1) is 8.34. The Morgan fingerprint density at radius 1 is 1.53 bits per heavy atom. The second-order valence-electron chi connectivity index (χ2n) is 4.14. The molecule has 88 valence electrons. The van der Waals surface area contributed by atoms with Gasteiger partial charge in [0.25, 0.3) is 5.91 Å². The van der Waals surface area contributed by atoms with E-state index in [1.807, 2.05) is 6.07 Å². The van der Waals surface area contributed by atoms with E-state index in [-0.39, 0.29) is 5.91 Å². The molecule has 3 rings (SSSR count). The third kappa shape index (κ3) is 1.84. The van der Waals surface area contributed by atoms with Gasteiger partial charge in [0.1, 0.15) is 5.76 Å². The van der Waals surface area contributed by atoms with Gasteiger partial charge < -0.3 is 9.73 Å². The molecular weight excluding hydrogens is 218 g/mol. The average molecular weight is 231 g/mol. The number of aryl methyl sites for hydroxylation is 1. The van der Waals surface area contributed by atoms with Crippen LogP contribution in [0.1, 0.15) is 33.9 Å². The van der Waals surface area contributed by atoms with Crippen LogP contribution in [0.4, 0.5) is 0 Å². The van der Waals surface area contributed by atoms with Gasteiger partial charge in [0, 0.05) is 11.3 Å². The molecule has 0 bridgehead atoms. The Balaban J connectivity index is 1.70. The zero-order valence-corrected chi connectivity index (χ0v) is 9.32. The highest BCUT2D eigenvalue weighted by Crippen LogP contribution is 2.22. The summed E-state index contributed by atoms with van der Waals surface area (Å²) in [6.07, 6.45) is 4.62. The molecule has 0 fully saturated rings. The van der Waals surface area contributed by atoms with Crippen molar-refractivity contribution in [2.24, 2.45) is 0 Å². The van der Waals surface area contributed by atoms with Gasteiger partial charge >= 0.3 is 0 Å². The number of hydrogen-bond acceptors (Lipinski definition) is 3. The van der Waals surface area contributed by atoms with Crippen LogP contribution in [0.25, 0.3) is 0 Å².